The summed E-state index contributed by atoms with van der Waals surface area (Å²) in [6, 6.07) is 6.57. The van der Waals surface area contributed by atoms with Gasteiger partial charge in [-0.15, -0.1) is 0 Å². The Hall–Kier alpha value is -2.39. The zero-order chi connectivity index (χ0) is 21.8. The van der Waals surface area contributed by atoms with Gasteiger partial charge in [0.1, 0.15) is 23.0 Å². The SMILES string of the molecule is Cc1cc(COC(=O)c2ccc(N3CCCCC3)c(S(=O)(=O)N3CCCCC3)c2)no1. The molecule has 2 saturated heterocycles. The summed E-state index contributed by atoms with van der Waals surface area (Å²) in [6.07, 6.45) is 5.97. The van der Waals surface area contributed by atoms with Crippen LogP contribution in [0.3, 0.4) is 0 Å². The molecule has 0 atom stereocenters. The van der Waals surface area contributed by atoms with E-state index in [1.807, 2.05) is 0 Å². The number of carbonyl (C=O) groups is 1. The van der Waals surface area contributed by atoms with Crippen molar-refractivity contribution in [2.45, 2.75) is 57.0 Å². The number of rotatable bonds is 6. The van der Waals surface area contributed by atoms with Gasteiger partial charge in [0.25, 0.3) is 0 Å². The maximum absolute atomic E-state index is 13.5. The zero-order valence-corrected chi connectivity index (χ0v) is 18.7. The van der Waals surface area contributed by atoms with E-state index >= 15 is 0 Å². The van der Waals surface area contributed by atoms with Crippen LogP contribution in [0.5, 0.6) is 0 Å². The Bertz CT molecular complexity index is 1020. The Labute approximate surface area is 183 Å². The van der Waals surface area contributed by atoms with Gasteiger partial charge in [-0.25, -0.2) is 13.2 Å². The molecule has 8 nitrogen and oxygen atoms in total. The summed E-state index contributed by atoms with van der Waals surface area (Å²) < 4.78 is 38.9. The van der Waals surface area contributed by atoms with Gasteiger partial charge >= 0.3 is 5.97 Å². The molecule has 1 aromatic heterocycles. The van der Waals surface area contributed by atoms with E-state index in [0.29, 0.717) is 30.2 Å². The highest BCUT2D eigenvalue weighted by Crippen LogP contribution is 2.32. The van der Waals surface area contributed by atoms with E-state index in [0.717, 1.165) is 51.6 Å². The van der Waals surface area contributed by atoms with E-state index in [4.69, 9.17) is 9.26 Å². The van der Waals surface area contributed by atoms with Crippen molar-refractivity contribution in [3.63, 3.8) is 0 Å². The van der Waals surface area contributed by atoms with Crippen molar-refractivity contribution < 1.29 is 22.5 Å². The lowest BCUT2D eigenvalue weighted by molar-refractivity contribution is 0.0464. The molecule has 0 radical (unpaired) electrons. The normalized spacial score (nSPS) is 18.2. The van der Waals surface area contributed by atoms with E-state index in [1.165, 1.54) is 6.07 Å². The average molecular weight is 448 g/mol. The molecule has 0 saturated carbocycles. The lowest BCUT2D eigenvalue weighted by Gasteiger charge is -2.33. The standard InChI is InChI=1S/C22H29N3O5S/c1-17-14-19(23-30-17)16-29-22(26)18-8-9-20(24-10-4-2-5-11-24)21(15-18)31(27,28)25-12-6-3-7-13-25/h8-9,14-15H,2-7,10-13,16H2,1H3. The van der Waals surface area contributed by atoms with Crippen LogP contribution in [0.4, 0.5) is 5.69 Å². The summed E-state index contributed by atoms with van der Waals surface area (Å²) in [5.41, 5.74) is 1.41. The molecule has 2 fully saturated rings. The topological polar surface area (TPSA) is 93.0 Å². The number of carbonyl (C=O) groups excluding carboxylic acids is 1. The van der Waals surface area contributed by atoms with E-state index < -0.39 is 16.0 Å². The molecule has 0 aliphatic carbocycles. The van der Waals surface area contributed by atoms with Crippen molar-refractivity contribution in [2.75, 3.05) is 31.1 Å². The third-order valence-electron chi connectivity index (χ3n) is 5.85. The van der Waals surface area contributed by atoms with Crippen molar-refractivity contribution >= 4 is 21.7 Å². The second-order valence-electron chi connectivity index (χ2n) is 8.20. The maximum atomic E-state index is 13.5. The summed E-state index contributed by atoms with van der Waals surface area (Å²) in [5.74, 6) is 0.0489. The van der Waals surface area contributed by atoms with Crippen LogP contribution in [0, 0.1) is 6.92 Å². The Balaban J connectivity index is 1.63. The van der Waals surface area contributed by atoms with Gasteiger partial charge in [0.05, 0.1) is 11.3 Å². The fraction of sp³-hybridized carbons (Fsp3) is 0.545. The predicted octanol–water partition coefficient (Wildman–Crippen LogP) is 3.50. The van der Waals surface area contributed by atoms with Crippen molar-refractivity contribution in [3.8, 4) is 0 Å². The molecule has 0 amide bonds. The number of hydrogen-bond donors (Lipinski definition) is 0. The number of benzene rings is 1. The van der Waals surface area contributed by atoms with Crippen molar-refractivity contribution in [3.05, 3.63) is 41.3 Å². The van der Waals surface area contributed by atoms with Gasteiger partial charge in [-0.3, -0.25) is 0 Å². The van der Waals surface area contributed by atoms with Crippen LogP contribution >= 0.6 is 0 Å². The lowest BCUT2D eigenvalue weighted by Crippen LogP contribution is -2.37. The molecular weight excluding hydrogens is 418 g/mol. The van der Waals surface area contributed by atoms with E-state index in [2.05, 4.69) is 10.1 Å². The minimum absolute atomic E-state index is 0.0295. The summed E-state index contributed by atoms with van der Waals surface area (Å²) in [6.45, 7) is 4.40. The Morgan fingerprint density at radius 3 is 2.35 bits per heavy atom. The number of esters is 1. The molecular formula is C22H29N3O5S. The van der Waals surface area contributed by atoms with Gasteiger partial charge in [0.2, 0.25) is 10.0 Å². The Kier molecular flexibility index (Phi) is 6.62. The summed E-state index contributed by atoms with van der Waals surface area (Å²) in [4.78, 5) is 15.0. The van der Waals surface area contributed by atoms with Gasteiger partial charge in [0, 0.05) is 32.2 Å². The van der Waals surface area contributed by atoms with Crippen LogP contribution in [0.2, 0.25) is 0 Å². The first kappa shape index (κ1) is 21.8. The highest BCUT2D eigenvalue weighted by atomic mass is 32.2. The molecule has 168 valence electrons. The van der Waals surface area contributed by atoms with E-state index in [1.54, 1.807) is 29.4 Å². The van der Waals surface area contributed by atoms with Gasteiger partial charge < -0.3 is 14.2 Å². The fourth-order valence-electron chi connectivity index (χ4n) is 4.20. The van der Waals surface area contributed by atoms with E-state index in [-0.39, 0.29) is 17.1 Å². The van der Waals surface area contributed by atoms with Crippen LogP contribution in [-0.4, -0.2) is 50.0 Å². The molecule has 0 N–H and O–H groups in total. The first-order valence-electron chi connectivity index (χ1n) is 10.9. The first-order valence-corrected chi connectivity index (χ1v) is 12.4. The van der Waals surface area contributed by atoms with Crippen molar-refractivity contribution in [2.24, 2.45) is 0 Å². The number of nitrogens with zero attached hydrogens (tertiary/aromatic N) is 3. The molecule has 3 heterocycles. The molecule has 2 aliphatic heterocycles. The molecule has 2 aliphatic rings. The molecule has 0 unspecified atom stereocenters. The highest BCUT2D eigenvalue weighted by Gasteiger charge is 2.31. The van der Waals surface area contributed by atoms with Crippen molar-refractivity contribution in [1.82, 2.24) is 9.46 Å². The zero-order valence-electron chi connectivity index (χ0n) is 17.9. The minimum atomic E-state index is -3.71. The number of sulfonamides is 1. The van der Waals surface area contributed by atoms with Gasteiger partial charge in [-0.1, -0.05) is 11.6 Å². The van der Waals surface area contributed by atoms with Gasteiger partial charge in [-0.2, -0.15) is 4.31 Å². The summed E-state index contributed by atoms with van der Waals surface area (Å²) in [5, 5.41) is 3.81. The second kappa shape index (κ2) is 9.40. The lowest BCUT2D eigenvalue weighted by atomic mass is 10.1. The Morgan fingerprint density at radius 2 is 1.71 bits per heavy atom. The van der Waals surface area contributed by atoms with E-state index in [9.17, 15) is 13.2 Å². The van der Waals surface area contributed by atoms with Crippen LogP contribution < -0.4 is 4.90 Å². The van der Waals surface area contributed by atoms with Gasteiger partial charge in [0.15, 0.2) is 0 Å². The van der Waals surface area contributed by atoms with Crippen molar-refractivity contribution in [1.29, 1.82) is 0 Å². The number of aryl methyl sites for hydroxylation is 1. The first-order chi connectivity index (χ1) is 14.9. The minimum Gasteiger partial charge on any atom is -0.455 e. The molecule has 9 heteroatoms. The molecule has 1 aromatic carbocycles. The van der Waals surface area contributed by atoms with Gasteiger partial charge in [-0.05, 0) is 57.2 Å². The summed E-state index contributed by atoms with van der Waals surface area (Å²) in [7, 11) is -3.71. The highest BCUT2D eigenvalue weighted by molar-refractivity contribution is 7.89. The molecule has 31 heavy (non-hydrogen) atoms. The third-order valence-corrected chi connectivity index (χ3v) is 7.78. The number of anilines is 1. The molecule has 0 bridgehead atoms. The number of piperidine rings is 2. The predicted molar refractivity (Wildman–Crippen MR) is 115 cm³/mol. The largest absolute Gasteiger partial charge is 0.455 e. The van der Waals surface area contributed by atoms with Crippen LogP contribution in [-0.2, 0) is 21.4 Å². The quantitative estimate of drug-likeness (QED) is 0.626. The molecule has 4 rings (SSSR count). The van der Waals surface area contributed by atoms with Crippen LogP contribution in [0.25, 0.3) is 0 Å². The fourth-order valence-corrected chi connectivity index (χ4v) is 5.95. The third kappa shape index (κ3) is 4.93. The smallest absolute Gasteiger partial charge is 0.338 e. The average Bonchev–Trinajstić information content (AvgIpc) is 3.23. The number of ether oxygens (including phenoxy) is 1. The monoisotopic (exact) mass is 447 g/mol. The number of aromatic nitrogens is 1. The van der Waals surface area contributed by atoms with Crippen LogP contribution in [0.1, 0.15) is 60.3 Å². The molecule has 2 aromatic rings. The molecule has 0 spiro atoms. The number of hydrogen-bond acceptors (Lipinski definition) is 7. The second-order valence-corrected chi connectivity index (χ2v) is 10.1. The summed E-state index contributed by atoms with van der Waals surface area (Å²) >= 11 is 0. The maximum Gasteiger partial charge on any atom is 0.338 e. The van der Waals surface area contributed by atoms with Crippen LogP contribution in [0.15, 0.2) is 33.7 Å². The Morgan fingerprint density at radius 1 is 1.03 bits per heavy atom.